The van der Waals surface area contributed by atoms with Crippen molar-refractivity contribution in [3.8, 4) is 97.9 Å². The van der Waals surface area contributed by atoms with E-state index in [-0.39, 0.29) is 63.4 Å². The third-order valence-electron chi connectivity index (χ3n) is 20.3. The number of unbranched alkanes of at least 4 members (excludes halogenated alkanes) is 14. The Bertz CT molecular complexity index is 4910. The van der Waals surface area contributed by atoms with E-state index in [1.807, 2.05) is 97.1 Å². The van der Waals surface area contributed by atoms with Crippen LogP contribution >= 0.6 is 0 Å². The molecule has 0 amide bonds. The lowest BCUT2D eigenvalue weighted by Gasteiger charge is -2.07. The lowest BCUT2D eigenvalue weighted by Crippen LogP contribution is -3.00. The van der Waals surface area contributed by atoms with Crippen LogP contribution in [0, 0.1) is 86.4 Å². The van der Waals surface area contributed by atoms with Crippen LogP contribution in [0.5, 0.6) is 11.5 Å². The van der Waals surface area contributed by atoms with Crippen LogP contribution in [0.25, 0.3) is 43.5 Å². The van der Waals surface area contributed by atoms with Gasteiger partial charge in [0.05, 0.1) is 43.9 Å². The first-order valence-corrected chi connectivity index (χ1v) is 43.8. The summed E-state index contributed by atoms with van der Waals surface area (Å²) in [6.45, 7) is 5.37. The second-order valence-electron chi connectivity index (χ2n) is 30.3. The number of hydrogen-bond acceptors (Lipinski definition) is 11. The number of fused-ring (bicyclic) bond motifs is 5. The van der Waals surface area contributed by atoms with E-state index in [9.17, 15) is 15.3 Å². The topological polar surface area (TPSA) is 206 Å². The molecule has 678 valence electrons. The number of ether oxygens (including phenoxy) is 2. The van der Waals surface area contributed by atoms with Gasteiger partial charge >= 0.3 is 0 Å². The first-order valence-electron chi connectivity index (χ1n) is 43.8. The second-order valence-corrected chi connectivity index (χ2v) is 30.3. The van der Waals surface area contributed by atoms with E-state index >= 15 is 0 Å². The summed E-state index contributed by atoms with van der Waals surface area (Å²) in [7, 11) is 2.00. The van der Waals surface area contributed by atoms with Crippen LogP contribution in [0.3, 0.4) is 0 Å². The Morgan fingerprint density at radius 1 is 0.370 bits per heavy atom. The fourth-order valence-electron chi connectivity index (χ4n) is 13.3. The highest BCUT2D eigenvalue weighted by molar-refractivity contribution is 6.03. The summed E-state index contributed by atoms with van der Waals surface area (Å²) in [6, 6.07) is 59.9. The normalized spacial score (nSPS) is 11.7. The number of halogens is 4. The molecule has 6 heterocycles. The average Bonchev–Trinajstić information content (AvgIpc) is 1.03. The van der Waals surface area contributed by atoms with Gasteiger partial charge in [-0.1, -0.05) is 139 Å². The number of aryl methyl sites for hydroxylation is 6. The van der Waals surface area contributed by atoms with E-state index < -0.39 is 42.7 Å². The van der Waals surface area contributed by atoms with Gasteiger partial charge in [0.25, 0.3) is 0 Å². The van der Waals surface area contributed by atoms with Gasteiger partial charge in [0, 0.05) is 83.5 Å². The van der Waals surface area contributed by atoms with Gasteiger partial charge in [-0.15, -0.1) is 45.0 Å². The molecule has 0 aliphatic heterocycles. The van der Waals surface area contributed by atoms with E-state index in [1.54, 1.807) is 18.6 Å². The molecule has 0 radical (unpaired) electrons. The molecule has 0 spiro atoms. The Labute approximate surface area is 795 Å². The van der Waals surface area contributed by atoms with Crippen LogP contribution in [0.15, 0.2) is 238 Å². The second kappa shape index (κ2) is 74.0. The van der Waals surface area contributed by atoms with E-state index in [1.165, 1.54) is 51.0 Å². The Hall–Kier alpha value is -9.93. The molecule has 0 saturated carbocycles. The van der Waals surface area contributed by atoms with Crippen LogP contribution in [0.2, 0.25) is 0 Å². The van der Waals surface area contributed by atoms with Crippen molar-refractivity contribution in [2.75, 3.05) is 13.2 Å². The molecular weight excluding hydrogens is 1800 g/mol. The van der Waals surface area contributed by atoms with Crippen LogP contribution in [0.1, 0.15) is 185 Å². The number of rotatable bonds is 44. The smallest absolute Gasteiger partial charge is 0.243 e. The number of benzene rings is 5. The first kappa shape index (κ1) is 115. The molecule has 7 atom stereocenters. The molecule has 20 heteroatoms. The van der Waals surface area contributed by atoms with Gasteiger partial charge in [0.15, 0.2) is 24.8 Å². The third-order valence-corrected chi connectivity index (χ3v) is 20.3. The molecule has 5 aromatic carbocycles. The maximum absolute atomic E-state index is 9.39. The molecule has 7 N–H and O–H groups in total. The molecule has 11 aromatic rings. The van der Waals surface area contributed by atoms with Crippen LogP contribution in [0.4, 0.5) is 0 Å². The molecule has 0 aliphatic rings. The Kier molecular flexibility index (Phi) is 67.1. The summed E-state index contributed by atoms with van der Waals surface area (Å²) in [4.78, 5) is 8.23. The zero-order chi connectivity index (χ0) is 88.4. The zero-order valence-electron chi connectivity index (χ0n) is 73.9. The number of para-hydroxylation sites is 2. The number of aromatic nitrogens is 7. The molecule has 16 nitrogen and oxygen atoms in total. The summed E-state index contributed by atoms with van der Waals surface area (Å²) >= 11 is 0. The number of imidazole rings is 1. The number of terminal acetylenes is 7. The van der Waals surface area contributed by atoms with Crippen LogP contribution < -0.4 is 91.1 Å². The number of hydrogen-bond donors (Lipinski definition) is 7. The quantitative estimate of drug-likeness (QED) is 0.0119. The van der Waals surface area contributed by atoms with Gasteiger partial charge in [-0.2, -0.15) is 9.13 Å². The summed E-state index contributed by atoms with van der Waals surface area (Å²) < 4.78 is 22.1. The van der Waals surface area contributed by atoms with Gasteiger partial charge in [-0.3, -0.25) is 9.97 Å². The summed E-state index contributed by atoms with van der Waals surface area (Å²) in [5.74, 6) is 18.0. The molecule has 127 heavy (non-hydrogen) atoms. The van der Waals surface area contributed by atoms with Crippen molar-refractivity contribution in [3.63, 3.8) is 0 Å². The van der Waals surface area contributed by atoms with Gasteiger partial charge in [0.2, 0.25) is 17.4 Å². The van der Waals surface area contributed by atoms with E-state index in [0.717, 1.165) is 190 Å². The maximum Gasteiger partial charge on any atom is 0.243 e. The Morgan fingerprint density at radius 3 is 1.33 bits per heavy atom. The van der Waals surface area contributed by atoms with Gasteiger partial charge < -0.3 is 109 Å². The van der Waals surface area contributed by atoms with Crippen molar-refractivity contribution in [2.24, 2.45) is 7.05 Å². The van der Waals surface area contributed by atoms with Crippen molar-refractivity contribution in [3.05, 3.63) is 244 Å². The lowest BCUT2D eigenvalue weighted by molar-refractivity contribution is -0.697. The highest BCUT2D eigenvalue weighted by atomic mass is 79.9. The van der Waals surface area contributed by atoms with Gasteiger partial charge in [0.1, 0.15) is 86.3 Å². The van der Waals surface area contributed by atoms with Crippen LogP contribution in [-0.4, -0.2) is 106 Å². The summed E-state index contributed by atoms with van der Waals surface area (Å²) in [5, 5.41) is 70.6. The molecule has 11 rings (SSSR count). The Morgan fingerprint density at radius 2 is 0.803 bits per heavy atom. The van der Waals surface area contributed by atoms with Gasteiger partial charge in [-0.05, 0) is 220 Å². The zero-order valence-corrected chi connectivity index (χ0v) is 79.5. The van der Waals surface area contributed by atoms with Crippen molar-refractivity contribution >= 4 is 43.5 Å². The van der Waals surface area contributed by atoms with Crippen molar-refractivity contribution in [1.82, 2.24) is 14.5 Å². The van der Waals surface area contributed by atoms with Crippen molar-refractivity contribution in [1.29, 1.82) is 0 Å². The van der Waals surface area contributed by atoms with E-state index in [0.29, 0.717) is 45.3 Å². The number of nitrogens with zero attached hydrogens (tertiary/aromatic N) is 7. The molecule has 6 aromatic heterocycles. The number of pyridine rings is 5. The summed E-state index contributed by atoms with van der Waals surface area (Å²) in [5.41, 5.74) is 4.93. The maximum atomic E-state index is 9.39. The average molecular weight is 1940 g/mol. The van der Waals surface area contributed by atoms with Crippen molar-refractivity contribution in [2.45, 2.75) is 255 Å². The lowest BCUT2D eigenvalue weighted by atomic mass is 10.0. The molecule has 7 unspecified atom stereocenters. The third kappa shape index (κ3) is 52.2. The molecular formula is C107H133Br3ClN7O9. The predicted octanol–water partition coefficient (Wildman–Crippen LogP) is 4.90. The summed E-state index contributed by atoms with van der Waals surface area (Å²) in [6.07, 6.45) is 79.5. The minimum absolute atomic E-state index is 0. The first-order chi connectivity index (χ1) is 60.1. The monoisotopic (exact) mass is 1930 g/mol. The van der Waals surface area contributed by atoms with Crippen LogP contribution in [-0.2, 0) is 39.6 Å². The minimum atomic E-state index is -0.607. The van der Waals surface area contributed by atoms with Crippen molar-refractivity contribution < 1.29 is 127 Å². The SMILES string of the molecule is C#CC(O)CCCCCCc1ccccc1.C#CC(O)CCCCCOc1ccc2ncccc2c1.C#CC(O)CCCCCOc1cccnc1.C#CC(O)CCCCC[n+]1cc2ccccc2c2ccccc21.C#CC(O)CCCCC[n+]1cccc2ccccc21.C#CC(O)CCCCC[n+]1ccccc1.C#CC(O)CCCCn1cc[n+](C)c1.[Br-].[Br-].[Br-].[Cl-]. The predicted molar refractivity (Wildman–Crippen MR) is 498 cm³/mol. The molecule has 0 aliphatic carbocycles. The number of aliphatic hydroxyl groups excluding tert-OH is 7. The molecule has 0 fully saturated rings. The molecule has 0 saturated heterocycles. The highest BCUT2D eigenvalue weighted by Crippen LogP contribution is 2.24. The highest BCUT2D eigenvalue weighted by Gasteiger charge is 2.14. The Balaban J connectivity index is 0.000000742. The largest absolute Gasteiger partial charge is 1.00 e. The fraction of sp³-hybridized carbons (Fsp3) is 0.402. The van der Waals surface area contributed by atoms with E-state index in [2.05, 4.69) is 204 Å². The molecule has 0 bridgehead atoms. The standard InChI is InChI=1S/C21H22NO.C17H19NO2.C17H20NO.C15H20O.C13H17NO2.C13H18NO.C11H17N2O.3BrH.ClH/c1-2-18(23)11-4-3-9-15-22-16-17-10-5-6-12-19(17)20-13-7-8-14-21(20)22;1-2-15(19)8-4-3-5-12-20-16-9-10-17-14(13-16)7-6-11-18-17;1-2-16(19)11-4-3-7-13-18-14-8-10-15-9-5-6-12-17(15)18;1-2-15(16)13-9-4-3-6-10-14-11-7-5-8-12-14;1-2-12(15)7-4-3-5-10-16-13-8-6-9-14-11-13;1-2-13(15)9-5-3-6-10-14-11-7-4-8-12-14;1-3-11(14)6-4-5-7-13-9-8-12(2)10-13;;;;/h1,5-8,10,12-14,16,18,23H,3-4,9,11,15H2;1,6-7,9-11,13,15,19H,3-5,8,12H2;1,5-6,8-10,12,14,16,19H,3-4,7,11,13H2;1,5,7-8,11-12,15-16H,3-4,6,9-10,13H2;1,6,8-9,11-12,15H,3-5,7,10H2;1,4,7-8,11-13,15H,3,5-6,9-10H2;1,8-11,14H,4-7H2,2H3;4*1H/q+1;;+1;;;2*+1;;;;/p-4. The van der Waals surface area contributed by atoms with E-state index in [4.69, 9.17) is 74.9 Å². The minimum Gasteiger partial charge on any atom is -1.00 e. The number of aliphatic hydroxyl groups is 7. The van der Waals surface area contributed by atoms with Gasteiger partial charge in [-0.25, -0.2) is 13.7 Å². The fourth-order valence-corrected chi connectivity index (χ4v) is 13.3.